The van der Waals surface area contributed by atoms with Crippen molar-refractivity contribution in [2.75, 3.05) is 0 Å². The number of imidazole rings is 1. The van der Waals surface area contributed by atoms with Crippen molar-refractivity contribution in [1.29, 1.82) is 0 Å². The predicted octanol–water partition coefficient (Wildman–Crippen LogP) is 6.36. The molecular formula is C22H22ClFN2. The van der Waals surface area contributed by atoms with Gasteiger partial charge in [-0.2, -0.15) is 4.39 Å². The van der Waals surface area contributed by atoms with Gasteiger partial charge in [-0.3, -0.25) is 4.57 Å². The molecule has 1 aliphatic rings. The third-order valence-electron chi connectivity index (χ3n) is 5.40. The molecule has 0 saturated heterocycles. The van der Waals surface area contributed by atoms with Crippen molar-refractivity contribution >= 4 is 11.6 Å². The number of rotatable bonds is 4. The molecule has 0 aliphatic heterocycles. The molecule has 1 unspecified atom stereocenters. The van der Waals surface area contributed by atoms with Gasteiger partial charge >= 0.3 is 0 Å². The monoisotopic (exact) mass is 368 g/mol. The van der Waals surface area contributed by atoms with Gasteiger partial charge in [0.2, 0.25) is 0 Å². The lowest BCUT2D eigenvalue weighted by molar-refractivity contribution is 0.441. The second-order valence-corrected chi connectivity index (χ2v) is 7.44. The van der Waals surface area contributed by atoms with E-state index in [-0.39, 0.29) is 6.04 Å². The molecule has 0 radical (unpaired) electrons. The minimum absolute atomic E-state index is 0.252. The molecule has 26 heavy (non-hydrogen) atoms. The standard InChI is InChI=1S/C22H22ClFN2/c23-20-12-11-18(15-19(20)16-7-3-1-4-8-16)21(17-9-5-2-6-10-17)26-14-13-25-22(26)24/h2,5-6,9-16,21H,1,3-4,7-8H2. The first kappa shape index (κ1) is 17.3. The Balaban J connectivity index is 1.80. The average molecular weight is 369 g/mol. The summed E-state index contributed by atoms with van der Waals surface area (Å²) in [5.41, 5.74) is 3.27. The topological polar surface area (TPSA) is 17.8 Å². The summed E-state index contributed by atoms with van der Waals surface area (Å²) in [6, 6.07) is 15.9. The molecule has 0 spiro atoms. The van der Waals surface area contributed by atoms with Crippen LogP contribution in [0.2, 0.25) is 5.02 Å². The molecule has 4 rings (SSSR count). The van der Waals surface area contributed by atoms with Gasteiger partial charge in [0.15, 0.2) is 0 Å². The Hall–Kier alpha value is -2.13. The van der Waals surface area contributed by atoms with Crippen molar-refractivity contribution in [3.05, 3.63) is 88.7 Å². The zero-order valence-electron chi connectivity index (χ0n) is 14.6. The summed E-state index contributed by atoms with van der Waals surface area (Å²) < 4.78 is 15.9. The summed E-state index contributed by atoms with van der Waals surface area (Å²) in [6.45, 7) is 0. The molecule has 4 heteroatoms. The number of aromatic nitrogens is 2. The van der Waals surface area contributed by atoms with E-state index < -0.39 is 6.08 Å². The second kappa shape index (κ2) is 7.63. The molecule has 1 saturated carbocycles. The van der Waals surface area contributed by atoms with Crippen LogP contribution in [0.3, 0.4) is 0 Å². The van der Waals surface area contributed by atoms with Gasteiger partial charge in [-0.05, 0) is 41.5 Å². The van der Waals surface area contributed by atoms with Crippen LogP contribution >= 0.6 is 11.6 Å². The lowest BCUT2D eigenvalue weighted by Crippen LogP contribution is -2.15. The van der Waals surface area contributed by atoms with Crippen LogP contribution in [0.25, 0.3) is 0 Å². The van der Waals surface area contributed by atoms with Crippen LogP contribution in [0.4, 0.5) is 4.39 Å². The lowest BCUT2D eigenvalue weighted by atomic mass is 9.83. The summed E-state index contributed by atoms with van der Waals surface area (Å²) in [6.07, 6.45) is 8.89. The van der Waals surface area contributed by atoms with Gasteiger partial charge in [-0.1, -0.05) is 73.3 Å². The molecule has 2 nitrogen and oxygen atoms in total. The highest BCUT2D eigenvalue weighted by Crippen LogP contribution is 2.38. The van der Waals surface area contributed by atoms with Gasteiger partial charge in [0.1, 0.15) is 0 Å². The summed E-state index contributed by atoms with van der Waals surface area (Å²) in [4.78, 5) is 3.79. The van der Waals surface area contributed by atoms with Gasteiger partial charge in [0.25, 0.3) is 6.08 Å². The first-order chi connectivity index (χ1) is 12.7. The third-order valence-corrected chi connectivity index (χ3v) is 5.74. The average Bonchev–Trinajstić information content (AvgIpc) is 3.10. The summed E-state index contributed by atoms with van der Waals surface area (Å²) in [5, 5.41) is 0.818. The van der Waals surface area contributed by atoms with Crippen molar-refractivity contribution in [1.82, 2.24) is 9.55 Å². The highest BCUT2D eigenvalue weighted by Gasteiger charge is 2.23. The molecular weight excluding hydrogens is 347 g/mol. The van der Waals surface area contributed by atoms with E-state index in [1.54, 1.807) is 10.8 Å². The van der Waals surface area contributed by atoms with Gasteiger partial charge in [0.05, 0.1) is 6.04 Å². The zero-order valence-corrected chi connectivity index (χ0v) is 15.4. The number of hydrogen-bond acceptors (Lipinski definition) is 1. The number of halogens is 2. The van der Waals surface area contributed by atoms with E-state index in [4.69, 9.17) is 11.6 Å². The van der Waals surface area contributed by atoms with E-state index in [2.05, 4.69) is 11.1 Å². The largest absolute Gasteiger partial charge is 0.296 e. The zero-order chi connectivity index (χ0) is 17.9. The van der Waals surface area contributed by atoms with E-state index in [9.17, 15) is 4.39 Å². The SMILES string of the molecule is Fc1nccn1C(c1ccccc1)c1ccc(Cl)c(C2CCCCC2)c1. The quantitative estimate of drug-likeness (QED) is 0.523. The molecule has 0 N–H and O–H groups in total. The van der Waals surface area contributed by atoms with Gasteiger partial charge in [-0.15, -0.1) is 0 Å². The highest BCUT2D eigenvalue weighted by atomic mass is 35.5. The van der Waals surface area contributed by atoms with Gasteiger partial charge < -0.3 is 0 Å². The molecule has 1 aliphatic carbocycles. The van der Waals surface area contributed by atoms with Gasteiger partial charge in [0, 0.05) is 17.4 Å². The van der Waals surface area contributed by atoms with E-state index in [1.165, 1.54) is 43.9 Å². The highest BCUT2D eigenvalue weighted by molar-refractivity contribution is 6.31. The van der Waals surface area contributed by atoms with Crippen LogP contribution in [0.1, 0.15) is 60.8 Å². The third kappa shape index (κ3) is 3.41. The first-order valence-corrected chi connectivity index (χ1v) is 9.64. The van der Waals surface area contributed by atoms with Crippen molar-refractivity contribution in [2.45, 2.75) is 44.1 Å². The van der Waals surface area contributed by atoms with E-state index in [0.29, 0.717) is 5.92 Å². The Bertz CT molecular complexity index is 869. The fourth-order valence-corrected chi connectivity index (χ4v) is 4.37. The molecule has 1 fully saturated rings. The number of benzene rings is 2. The van der Waals surface area contributed by atoms with E-state index in [1.807, 2.05) is 42.5 Å². The molecule has 2 aromatic carbocycles. The number of nitrogens with zero attached hydrogens (tertiary/aromatic N) is 2. The van der Waals surface area contributed by atoms with Crippen molar-refractivity contribution in [3.8, 4) is 0 Å². The fourth-order valence-electron chi connectivity index (χ4n) is 4.10. The second-order valence-electron chi connectivity index (χ2n) is 7.03. The van der Waals surface area contributed by atoms with Crippen molar-refractivity contribution < 1.29 is 4.39 Å². The number of hydrogen-bond donors (Lipinski definition) is 0. The minimum atomic E-state index is -0.479. The lowest BCUT2D eigenvalue weighted by Gasteiger charge is -2.26. The maximum Gasteiger partial charge on any atom is 0.289 e. The summed E-state index contributed by atoms with van der Waals surface area (Å²) in [5.74, 6) is 0.500. The maximum absolute atomic E-state index is 14.3. The first-order valence-electron chi connectivity index (χ1n) is 9.26. The van der Waals surface area contributed by atoms with Crippen LogP contribution in [0, 0.1) is 6.08 Å². The Morgan fingerprint density at radius 3 is 2.46 bits per heavy atom. The van der Waals surface area contributed by atoms with Crippen LogP contribution in [0.15, 0.2) is 60.9 Å². The Morgan fingerprint density at radius 2 is 1.77 bits per heavy atom. The van der Waals surface area contributed by atoms with Crippen LogP contribution < -0.4 is 0 Å². The smallest absolute Gasteiger partial charge is 0.289 e. The Morgan fingerprint density at radius 1 is 1.00 bits per heavy atom. The molecule has 0 bridgehead atoms. The molecule has 1 heterocycles. The van der Waals surface area contributed by atoms with Crippen LogP contribution in [-0.4, -0.2) is 9.55 Å². The normalized spacial score (nSPS) is 16.5. The van der Waals surface area contributed by atoms with Crippen LogP contribution in [-0.2, 0) is 0 Å². The molecule has 134 valence electrons. The van der Waals surface area contributed by atoms with Crippen LogP contribution in [0.5, 0.6) is 0 Å². The molecule has 1 atom stereocenters. The van der Waals surface area contributed by atoms with Gasteiger partial charge in [-0.25, -0.2) is 4.98 Å². The van der Waals surface area contributed by atoms with Crippen molar-refractivity contribution in [3.63, 3.8) is 0 Å². The molecule has 0 amide bonds. The Labute approximate surface area is 158 Å². The predicted molar refractivity (Wildman–Crippen MR) is 103 cm³/mol. The molecule has 3 aromatic rings. The summed E-state index contributed by atoms with van der Waals surface area (Å²) >= 11 is 6.54. The summed E-state index contributed by atoms with van der Waals surface area (Å²) in [7, 11) is 0. The maximum atomic E-state index is 14.3. The molecule has 1 aromatic heterocycles. The van der Waals surface area contributed by atoms with Crippen molar-refractivity contribution in [2.24, 2.45) is 0 Å². The minimum Gasteiger partial charge on any atom is -0.296 e. The Kier molecular flexibility index (Phi) is 5.07. The van der Waals surface area contributed by atoms with E-state index >= 15 is 0 Å². The fraction of sp³-hybridized carbons (Fsp3) is 0.318. The van der Waals surface area contributed by atoms with E-state index in [0.717, 1.165) is 16.1 Å².